The van der Waals surface area contributed by atoms with Gasteiger partial charge in [-0.2, -0.15) is 0 Å². The normalized spacial score (nSPS) is 19.3. The van der Waals surface area contributed by atoms with Crippen LogP contribution >= 0.6 is 15.9 Å². The first-order chi connectivity index (χ1) is 8.51. The molecule has 1 amide bonds. The third-order valence-corrected chi connectivity index (χ3v) is 3.78. The molecule has 0 bridgehead atoms. The van der Waals surface area contributed by atoms with Crippen LogP contribution in [0, 0.1) is 11.7 Å². The lowest BCUT2D eigenvalue weighted by atomic mass is 10.1. The van der Waals surface area contributed by atoms with E-state index in [1.807, 2.05) is 0 Å². The quantitative estimate of drug-likeness (QED) is 0.870. The number of carbonyl (C=O) groups is 2. The Morgan fingerprint density at radius 1 is 1.50 bits per heavy atom. The van der Waals surface area contributed by atoms with Crippen LogP contribution in [0.2, 0.25) is 0 Å². The predicted molar refractivity (Wildman–Crippen MR) is 67.6 cm³/mol. The number of carbonyl (C=O) groups excluding carboxylic acids is 1. The molecule has 1 saturated heterocycles. The molecule has 1 fully saturated rings. The first-order valence-corrected chi connectivity index (χ1v) is 6.53. The monoisotopic (exact) mass is 315 g/mol. The second-order valence-electron chi connectivity index (χ2n) is 4.23. The SMILES string of the molecule is O=C(O)c1cc(F)cc(N2CC(CBr)CC2=O)c1. The number of alkyl halides is 1. The largest absolute Gasteiger partial charge is 0.478 e. The van der Waals surface area contributed by atoms with Crippen LogP contribution in [-0.4, -0.2) is 28.9 Å². The maximum absolute atomic E-state index is 13.3. The average molecular weight is 316 g/mol. The molecule has 1 unspecified atom stereocenters. The Morgan fingerprint density at radius 3 is 2.78 bits per heavy atom. The van der Waals surface area contributed by atoms with Crippen molar-refractivity contribution in [3.05, 3.63) is 29.6 Å². The van der Waals surface area contributed by atoms with E-state index < -0.39 is 11.8 Å². The molecule has 1 aliphatic heterocycles. The molecule has 18 heavy (non-hydrogen) atoms. The molecule has 1 aliphatic rings. The summed E-state index contributed by atoms with van der Waals surface area (Å²) in [5.41, 5.74) is 0.154. The first-order valence-electron chi connectivity index (χ1n) is 5.41. The Morgan fingerprint density at radius 2 is 2.22 bits per heavy atom. The Balaban J connectivity index is 2.34. The van der Waals surface area contributed by atoms with E-state index in [4.69, 9.17) is 5.11 Å². The van der Waals surface area contributed by atoms with Gasteiger partial charge >= 0.3 is 5.97 Å². The highest BCUT2D eigenvalue weighted by molar-refractivity contribution is 9.09. The summed E-state index contributed by atoms with van der Waals surface area (Å²) in [6, 6.07) is 3.44. The van der Waals surface area contributed by atoms with Gasteiger partial charge in [0.15, 0.2) is 0 Å². The zero-order chi connectivity index (χ0) is 13.3. The lowest BCUT2D eigenvalue weighted by Crippen LogP contribution is -2.25. The number of amides is 1. The molecule has 4 nitrogen and oxygen atoms in total. The minimum atomic E-state index is -1.21. The summed E-state index contributed by atoms with van der Waals surface area (Å²) in [4.78, 5) is 24.0. The molecule has 1 atom stereocenters. The second-order valence-corrected chi connectivity index (χ2v) is 4.88. The summed E-state index contributed by atoms with van der Waals surface area (Å²) < 4.78 is 13.3. The summed E-state index contributed by atoms with van der Waals surface area (Å²) in [5, 5.41) is 9.55. The number of halogens is 2. The van der Waals surface area contributed by atoms with Crippen molar-refractivity contribution in [1.29, 1.82) is 0 Å². The van der Waals surface area contributed by atoms with E-state index in [0.29, 0.717) is 24.0 Å². The maximum atomic E-state index is 13.3. The van der Waals surface area contributed by atoms with Crippen LogP contribution < -0.4 is 4.90 Å². The molecule has 1 N–H and O–H groups in total. The van der Waals surface area contributed by atoms with Crippen LogP contribution in [0.4, 0.5) is 10.1 Å². The summed E-state index contributed by atoms with van der Waals surface area (Å²) in [6.45, 7) is 0.479. The number of anilines is 1. The van der Waals surface area contributed by atoms with Gasteiger partial charge in [-0.25, -0.2) is 9.18 Å². The predicted octanol–water partition coefficient (Wildman–Crippen LogP) is 2.27. The molecule has 1 aromatic rings. The molecule has 0 saturated carbocycles. The Kier molecular flexibility index (Phi) is 3.65. The number of benzene rings is 1. The summed E-state index contributed by atoms with van der Waals surface area (Å²) in [5.74, 6) is -1.80. The minimum Gasteiger partial charge on any atom is -0.478 e. The van der Waals surface area contributed by atoms with Gasteiger partial charge in [-0.1, -0.05) is 15.9 Å². The lowest BCUT2D eigenvalue weighted by Gasteiger charge is -2.17. The fourth-order valence-electron chi connectivity index (χ4n) is 1.99. The molecule has 0 aromatic heterocycles. The zero-order valence-corrected chi connectivity index (χ0v) is 11.0. The number of nitrogens with zero attached hydrogens (tertiary/aromatic N) is 1. The molecular formula is C12H11BrFNO3. The molecule has 1 heterocycles. The standard InChI is InChI=1S/C12H11BrFNO3/c13-5-7-1-11(16)15(6-7)10-3-8(12(17)18)2-9(14)4-10/h2-4,7H,1,5-6H2,(H,17,18). The number of hydrogen-bond acceptors (Lipinski definition) is 2. The van der Waals surface area contributed by atoms with Crippen molar-refractivity contribution in [1.82, 2.24) is 0 Å². The van der Waals surface area contributed by atoms with E-state index in [1.54, 1.807) is 0 Å². The van der Waals surface area contributed by atoms with Crippen LogP contribution in [0.25, 0.3) is 0 Å². The fourth-order valence-corrected chi connectivity index (χ4v) is 2.42. The number of hydrogen-bond donors (Lipinski definition) is 1. The van der Waals surface area contributed by atoms with Crippen molar-refractivity contribution < 1.29 is 19.1 Å². The van der Waals surface area contributed by atoms with Crippen LogP contribution in [0.1, 0.15) is 16.8 Å². The van der Waals surface area contributed by atoms with Crippen molar-refractivity contribution in [2.45, 2.75) is 6.42 Å². The smallest absolute Gasteiger partial charge is 0.335 e. The van der Waals surface area contributed by atoms with Crippen molar-refractivity contribution in [2.75, 3.05) is 16.8 Å². The highest BCUT2D eigenvalue weighted by atomic mass is 79.9. The fraction of sp³-hybridized carbons (Fsp3) is 0.333. The molecular weight excluding hydrogens is 305 g/mol. The maximum Gasteiger partial charge on any atom is 0.335 e. The van der Waals surface area contributed by atoms with Gasteiger partial charge in [-0.3, -0.25) is 4.79 Å². The van der Waals surface area contributed by atoms with Gasteiger partial charge in [-0.05, 0) is 24.1 Å². The molecule has 96 valence electrons. The number of carboxylic acids is 1. The van der Waals surface area contributed by atoms with Gasteiger partial charge < -0.3 is 10.0 Å². The zero-order valence-electron chi connectivity index (χ0n) is 9.40. The lowest BCUT2D eigenvalue weighted by molar-refractivity contribution is -0.117. The van der Waals surface area contributed by atoms with E-state index in [9.17, 15) is 14.0 Å². The third kappa shape index (κ3) is 2.53. The third-order valence-electron chi connectivity index (χ3n) is 2.86. The average Bonchev–Trinajstić information content (AvgIpc) is 2.69. The topological polar surface area (TPSA) is 57.6 Å². The van der Waals surface area contributed by atoms with Crippen LogP contribution in [0.5, 0.6) is 0 Å². The van der Waals surface area contributed by atoms with Crippen LogP contribution in [0.3, 0.4) is 0 Å². The van der Waals surface area contributed by atoms with Crippen molar-refractivity contribution >= 4 is 33.5 Å². The van der Waals surface area contributed by atoms with E-state index >= 15 is 0 Å². The molecule has 6 heteroatoms. The molecule has 2 rings (SSSR count). The number of aromatic carboxylic acids is 1. The van der Waals surface area contributed by atoms with Crippen LogP contribution in [-0.2, 0) is 4.79 Å². The Hall–Kier alpha value is -1.43. The van der Waals surface area contributed by atoms with Crippen molar-refractivity contribution in [2.24, 2.45) is 5.92 Å². The van der Waals surface area contributed by atoms with Gasteiger partial charge in [0.25, 0.3) is 0 Å². The molecule has 1 aromatic carbocycles. The molecule has 0 aliphatic carbocycles. The van der Waals surface area contributed by atoms with E-state index in [-0.39, 0.29) is 17.4 Å². The summed E-state index contributed by atoms with van der Waals surface area (Å²) >= 11 is 3.31. The van der Waals surface area contributed by atoms with E-state index in [0.717, 1.165) is 6.07 Å². The number of carboxylic acid groups (broad SMARTS) is 1. The first kappa shape index (κ1) is 13.0. The van der Waals surface area contributed by atoms with E-state index in [2.05, 4.69) is 15.9 Å². The minimum absolute atomic E-state index is 0.110. The van der Waals surface area contributed by atoms with Gasteiger partial charge in [0, 0.05) is 24.0 Å². The van der Waals surface area contributed by atoms with Crippen molar-refractivity contribution in [3.8, 4) is 0 Å². The van der Waals surface area contributed by atoms with Gasteiger partial charge in [0.1, 0.15) is 5.82 Å². The van der Waals surface area contributed by atoms with Gasteiger partial charge in [0.05, 0.1) is 5.56 Å². The van der Waals surface area contributed by atoms with Crippen molar-refractivity contribution in [3.63, 3.8) is 0 Å². The summed E-state index contributed by atoms with van der Waals surface area (Å²) in [6.07, 6.45) is 0.393. The Labute approximate surface area is 112 Å². The van der Waals surface area contributed by atoms with Crippen LogP contribution in [0.15, 0.2) is 18.2 Å². The molecule has 0 spiro atoms. The summed E-state index contributed by atoms with van der Waals surface area (Å²) in [7, 11) is 0. The van der Waals surface area contributed by atoms with E-state index in [1.165, 1.54) is 17.0 Å². The second kappa shape index (κ2) is 5.06. The number of rotatable bonds is 3. The Bertz CT molecular complexity index is 506. The highest BCUT2D eigenvalue weighted by Crippen LogP contribution is 2.27. The molecule has 0 radical (unpaired) electrons. The van der Waals surface area contributed by atoms with Gasteiger partial charge in [-0.15, -0.1) is 0 Å². The van der Waals surface area contributed by atoms with Gasteiger partial charge in [0.2, 0.25) is 5.91 Å². The highest BCUT2D eigenvalue weighted by Gasteiger charge is 2.30.